The quantitative estimate of drug-likeness (QED) is 0.917. The number of likely N-dealkylation sites (N-methyl/N-ethyl adjacent to an activating group) is 1. The van der Waals surface area contributed by atoms with Crippen LogP contribution in [0.2, 0.25) is 0 Å². The average Bonchev–Trinajstić information content (AvgIpc) is 2.49. The van der Waals surface area contributed by atoms with E-state index in [4.69, 9.17) is 11.0 Å². The van der Waals surface area contributed by atoms with E-state index in [9.17, 15) is 0 Å². The number of rotatable bonds is 4. The van der Waals surface area contributed by atoms with Gasteiger partial charge in [0.2, 0.25) is 0 Å². The Kier molecular flexibility index (Phi) is 5.00. The molecule has 0 heterocycles. The minimum absolute atomic E-state index is 0.0215. The van der Waals surface area contributed by atoms with Crippen LogP contribution in [0.1, 0.15) is 24.1 Å². The van der Waals surface area contributed by atoms with Gasteiger partial charge in [-0.1, -0.05) is 28.1 Å². The number of nitrogens with zero attached hydrogens (tertiary/aromatic N) is 2. The van der Waals surface area contributed by atoms with E-state index in [0.29, 0.717) is 5.56 Å². The molecule has 2 aromatic carbocycles. The Morgan fingerprint density at radius 1 is 1.10 bits per heavy atom. The Morgan fingerprint density at radius 3 is 2.14 bits per heavy atom. The third-order valence-corrected chi connectivity index (χ3v) is 4.06. The lowest BCUT2D eigenvalue weighted by atomic mass is 9.99. The molecule has 2 rings (SSSR count). The molecule has 2 atom stereocenters. The van der Waals surface area contributed by atoms with E-state index in [2.05, 4.69) is 39.0 Å². The molecule has 2 aromatic rings. The molecule has 0 aromatic heterocycles. The number of hydrogen-bond donors (Lipinski definition) is 1. The van der Waals surface area contributed by atoms with E-state index < -0.39 is 0 Å². The number of benzene rings is 2. The van der Waals surface area contributed by atoms with Crippen molar-refractivity contribution in [2.24, 2.45) is 5.73 Å². The second-order valence-corrected chi connectivity index (χ2v) is 6.04. The lowest BCUT2D eigenvalue weighted by Gasteiger charge is -2.33. The van der Waals surface area contributed by atoms with Gasteiger partial charge >= 0.3 is 0 Å². The smallest absolute Gasteiger partial charge is 0.0991 e. The molecule has 0 aliphatic rings. The molecule has 0 saturated carbocycles. The maximum absolute atomic E-state index is 8.88. The molecule has 3 nitrogen and oxygen atoms in total. The minimum atomic E-state index is -0.0215. The summed E-state index contributed by atoms with van der Waals surface area (Å²) in [6.45, 7) is 2.01. The van der Waals surface area contributed by atoms with Crippen LogP contribution in [0, 0.1) is 11.3 Å². The largest absolute Gasteiger partial charge is 0.366 e. The van der Waals surface area contributed by atoms with E-state index in [0.717, 1.165) is 10.2 Å². The summed E-state index contributed by atoms with van der Waals surface area (Å²) < 4.78 is 1.05. The van der Waals surface area contributed by atoms with Crippen LogP contribution in [0.3, 0.4) is 0 Å². The summed E-state index contributed by atoms with van der Waals surface area (Å²) in [5, 5.41) is 8.88. The minimum Gasteiger partial charge on any atom is -0.366 e. The summed E-state index contributed by atoms with van der Waals surface area (Å²) in [4.78, 5) is 2.15. The lowest BCUT2D eigenvalue weighted by molar-refractivity contribution is 0.558. The van der Waals surface area contributed by atoms with Crippen LogP contribution in [-0.2, 0) is 0 Å². The van der Waals surface area contributed by atoms with Crippen molar-refractivity contribution in [3.8, 4) is 6.07 Å². The van der Waals surface area contributed by atoms with Crippen molar-refractivity contribution in [2.45, 2.75) is 19.0 Å². The van der Waals surface area contributed by atoms with Gasteiger partial charge in [0.1, 0.15) is 0 Å². The number of nitriles is 1. The highest BCUT2D eigenvalue weighted by Crippen LogP contribution is 2.28. The molecule has 21 heavy (non-hydrogen) atoms. The molecule has 2 unspecified atom stereocenters. The van der Waals surface area contributed by atoms with Gasteiger partial charge in [0.15, 0.2) is 0 Å². The molecule has 0 spiro atoms. The van der Waals surface area contributed by atoms with Crippen molar-refractivity contribution in [1.82, 2.24) is 0 Å². The highest BCUT2D eigenvalue weighted by molar-refractivity contribution is 9.10. The first-order chi connectivity index (χ1) is 10.0. The van der Waals surface area contributed by atoms with E-state index in [1.165, 1.54) is 5.56 Å². The third kappa shape index (κ3) is 3.63. The van der Waals surface area contributed by atoms with E-state index >= 15 is 0 Å². The fourth-order valence-corrected chi connectivity index (χ4v) is 2.74. The normalized spacial score (nSPS) is 13.3. The van der Waals surface area contributed by atoms with Gasteiger partial charge < -0.3 is 10.6 Å². The molecule has 4 heteroatoms. The summed E-state index contributed by atoms with van der Waals surface area (Å²) in [6, 6.07) is 18.0. The van der Waals surface area contributed by atoms with Gasteiger partial charge in [0, 0.05) is 23.2 Å². The fourth-order valence-electron chi connectivity index (χ4n) is 2.47. The molecule has 108 valence electrons. The third-order valence-electron chi connectivity index (χ3n) is 3.53. The molecule has 0 radical (unpaired) electrons. The van der Waals surface area contributed by atoms with Crippen molar-refractivity contribution >= 4 is 21.6 Å². The topological polar surface area (TPSA) is 53.0 Å². The Bertz CT molecular complexity index is 627. The van der Waals surface area contributed by atoms with Crippen molar-refractivity contribution in [3.63, 3.8) is 0 Å². The SMILES string of the molecule is CC(N)C(c1ccc(Br)cc1)N(C)c1ccc(C#N)cc1. The highest BCUT2D eigenvalue weighted by atomic mass is 79.9. The first-order valence-corrected chi connectivity index (χ1v) is 7.56. The van der Waals surface area contributed by atoms with Crippen LogP contribution in [0.25, 0.3) is 0 Å². The predicted molar refractivity (Wildman–Crippen MR) is 90.1 cm³/mol. The Hall–Kier alpha value is -1.83. The number of hydrogen-bond acceptors (Lipinski definition) is 3. The fraction of sp³-hybridized carbons (Fsp3) is 0.235. The molecule has 0 bridgehead atoms. The molecule has 0 aliphatic heterocycles. The van der Waals surface area contributed by atoms with E-state index in [1.54, 1.807) is 0 Å². The average molecular weight is 344 g/mol. The number of nitrogens with two attached hydrogens (primary N) is 1. The van der Waals surface area contributed by atoms with Gasteiger partial charge in [-0.25, -0.2) is 0 Å². The molecular weight excluding hydrogens is 326 g/mol. The second-order valence-electron chi connectivity index (χ2n) is 5.13. The van der Waals surface area contributed by atoms with Crippen LogP contribution in [0.5, 0.6) is 0 Å². The monoisotopic (exact) mass is 343 g/mol. The molecule has 0 saturated heterocycles. The second kappa shape index (κ2) is 6.75. The maximum atomic E-state index is 8.88. The van der Waals surface area contributed by atoms with E-state index in [1.807, 2.05) is 50.4 Å². The molecular formula is C17H18BrN3. The molecule has 2 N–H and O–H groups in total. The summed E-state index contributed by atoms with van der Waals surface area (Å²) in [6.07, 6.45) is 0. The predicted octanol–water partition coefficient (Wildman–Crippen LogP) is 3.85. The first kappa shape index (κ1) is 15.6. The van der Waals surface area contributed by atoms with Gasteiger partial charge in [-0.3, -0.25) is 0 Å². The van der Waals surface area contributed by atoms with Gasteiger partial charge in [-0.2, -0.15) is 5.26 Å². The van der Waals surface area contributed by atoms with Crippen LogP contribution < -0.4 is 10.6 Å². The van der Waals surface area contributed by atoms with Gasteiger partial charge in [0.05, 0.1) is 17.7 Å². The Balaban J connectivity index is 2.33. The number of halogens is 1. The Labute approximate surface area is 134 Å². The highest BCUT2D eigenvalue weighted by Gasteiger charge is 2.21. The zero-order valence-electron chi connectivity index (χ0n) is 12.1. The van der Waals surface area contributed by atoms with Crippen molar-refractivity contribution in [3.05, 3.63) is 64.1 Å². The number of anilines is 1. The van der Waals surface area contributed by atoms with Gasteiger partial charge in [0.25, 0.3) is 0 Å². The van der Waals surface area contributed by atoms with Crippen molar-refractivity contribution in [2.75, 3.05) is 11.9 Å². The van der Waals surface area contributed by atoms with E-state index in [-0.39, 0.29) is 12.1 Å². The van der Waals surface area contributed by atoms with Gasteiger partial charge in [-0.05, 0) is 48.9 Å². The zero-order valence-corrected chi connectivity index (χ0v) is 13.7. The Morgan fingerprint density at radius 2 is 1.67 bits per heavy atom. The van der Waals surface area contributed by atoms with Crippen molar-refractivity contribution < 1.29 is 0 Å². The summed E-state index contributed by atoms with van der Waals surface area (Å²) in [5.74, 6) is 0. The standard InChI is InChI=1S/C17H18BrN3/c1-12(20)17(14-5-7-15(18)8-6-14)21(2)16-9-3-13(11-19)4-10-16/h3-10,12,17H,20H2,1-2H3. The summed E-state index contributed by atoms with van der Waals surface area (Å²) in [5.41, 5.74) is 9.06. The molecule has 0 fully saturated rings. The molecule has 0 aliphatic carbocycles. The zero-order chi connectivity index (χ0) is 15.4. The van der Waals surface area contributed by atoms with Crippen molar-refractivity contribution in [1.29, 1.82) is 5.26 Å². The maximum Gasteiger partial charge on any atom is 0.0991 e. The van der Waals surface area contributed by atoms with Crippen LogP contribution in [-0.4, -0.2) is 13.1 Å². The van der Waals surface area contributed by atoms with Gasteiger partial charge in [-0.15, -0.1) is 0 Å². The molecule has 0 amide bonds. The van der Waals surface area contributed by atoms with Crippen LogP contribution in [0.4, 0.5) is 5.69 Å². The summed E-state index contributed by atoms with van der Waals surface area (Å²) in [7, 11) is 2.03. The lowest BCUT2D eigenvalue weighted by Crippen LogP contribution is -2.37. The van der Waals surface area contributed by atoms with Crippen LogP contribution in [0.15, 0.2) is 53.0 Å². The van der Waals surface area contributed by atoms with Crippen LogP contribution >= 0.6 is 15.9 Å². The first-order valence-electron chi connectivity index (χ1n) is 6.77. The summed E-state index contributed by atoms with van der Waals surface area (Å²) >= 11 is 3.45.